The zero-order valence-electron chi connectivity index (χ0n) is 19.7. The van der Waals surface area contributed by atoms with Crippen LogP contribution in [0.3, 0.4) is 0 Å². The average molecular weight is 487 g/mol. The molecule has 1 amide bonds. The van der Waals surface area contributed by atoms with Crippen LogP contribution < -0.4 is 16.0 Å². The second-order valence-electron chi connectivity index (χ2n) is 8.11. The Morgan fingerprint density at radius 1 is 1.06 bits per heavy atom. The molecule has 3 aromatic carbocycles. The SMILES string of the molecule is CCOC(=O)CCNCc1ccc(N/C(=C2\C(=O)Nc3ccc([N+](=O)[O-])cc32)c2ccccc2)cc1. The summed E-state index contributed by atoms with van der Waals surface area (Å²) in [5.74, 6) is -0.562. The Hall–Kier alpha value is -4.50. The van der Waals surface area contributed by atoms with Gasteiger partial charge in [0, 0.05) is 42.2 Å². The van der Waals surface area contributed by atoms with E-state index in [0.29, 0.717) is 48.6 Å². The quantitative estimate of drug-likeness (QED) is 0.126. The summed E-state index contributed by atoms with van der Waals surface area (Å²) in [6, 6.07) is 21.4. The summed E-state index contributed by atoms with van der Waals surface area (Å²) in [4.78, 5) is 35.3. The molecule has 0 spiro atoms. The number of nitro groups is 1. The number of ether oxygens (including phenoxy) is 1. The summed E-state index contributed by atoms with van der Waals surface area (Å²) >= 11 is 0. The van der Waals surface area contributed by atoms with Crippen LogP contribution in [0.15, 0.2) is 72.8 Å². The van der Waals surface area contributed by atoms with Gasteiger partial charge in [-0.3, -0.25) is 19.7 Å². The van der Waals surface area contributed by atoms with Gasteiger partial charge in [0.15, 0.2) is 0 Å². The van der Waals surface area contributed by atoms with E-state index in [1.165, 1.54) is 12.1 Å². The number of benzene rings is 3. The number of nitro benzene ring substituents is 1. The van der Waals surface area contributed by atoms with Gasteiger partial charge in [0.2, 0.25) is 0 Å². The predicted octanol–water partition coefficient (Wildman–Crippen LogP) is 4.57. The zero-order chi connectivity index (χ0) is 25.5. The predicted molar refractivity (Wildman–Crippen MR) is 138 cm³/mol. The standard InChI is InChI=1S/C27H26N4O5/c1-2-36-24(32)14-15-28-17-18-8-10-20(11-9-18)29-26(19-6-4-3-5-7-19)25-22-16-21(31(34)35)12-13-23(22)30-27(25)33/h3-13,16,28-29H,2,14-15,17H2,1H3,(H,30,33)/b26-25-. The van der Waals surface area contributed by atoms with Crippen molar-refractivity contribution in [3.8, 4) is 0 Å². The zero-order valence-corrected chi connectivity index (χ0v) is 19.7. The molecule has 0 saturated heterocycles. The molecular weight excluding hydrogens is 460 g/mol. The molecule has 0 fully saturated rings. The highest BCUT2D eigenvalue weighted by Crippen LogP contribution is 2.39. The summed E-state index contributed by atoms with van der Waals surface area (Å²) in [5, 5.41) is 20.7. The van der Waals surface area contributed by atoms with Crippen molar-refractivity contribution in [2.24, 2.45) is 0 Å². The number of nitrogens with one attached hydrogen (secondary N) is 3. The number of fused-ring (bicyclic) bond motifs is 1. The lowest BCUT2D eigenvalue weighted by atomic mass is 9.99. The second-order valence-corrected chi connectivity index (χ2v) is 8.11. The van der Waals surface area contributed by atoms with Crippen LogP contribution in [-0.4, -0.2) is 30.0 Å². The number of nitrogens with zero attached hydrogens (tertiary/aromatic N) is 1. The highest BCUT2D eigenvalue weighted by molar-refractivity contribution is 6.37. The van der Waals surface area contributed by atoms with Crippen LogP contribution in [0, 0.1) is 10.1 Å². The molecule has 0 aliphatic carbocycles. The normalized spacial score (nSPS) is 13.5. The maximum atomic E-state index is 13.0. The van der Waals surface area contributed by atoms with Crippen molar-refractivity contribution in [1.82, 2.24) is 5.32 Å². The number of hydrogen-bond donors (Lipinski definition) is 3. The molecule has 4 rings (SSSR count). The number of esters is 1. The molecule has 184 valence electrons. The largest absolute Gasteiger partial charge is 0.466 e. The summed E-state index contributed by atoms with van der Waals surface area (Å²) in [6.45, 7) is 3.26. The minimum atomic E-state index is -0.476. The van der Waals surface area contributed by atoms with Gasteiger partial charge < -0.3 is 20.7 Å². The van der Waals surface area contributed by atoms with Crippen LogP contribution in [0.5, 0.6) is 0 Å². The fourth-order valence-corrected chi connectivity index (χ4v) is 3.91. The van der Waals surface area contributed by atoms with Gasteiger partial charge in [-0.1, -0.05) is 42.5 Å². The number of carbonyl (C=O) groups excluding carboxylic acids is 2. The Kier molecular flexibility index (Phi) is 7.72. The van der Waals surface area contributed by atoms with Crippen molar-refractivity contribution in [2.45, 2.75) is 19.9 Å². The van der Waals surface area contributed by atoms with Crippen LogP contribution in [0.25, 0.3) is 11.3 Å². The molecule has 36 heavy (non-hydrogen) atoms. The van der Waals surface area contributed by atoms with E-state index < -0.39 is 4.92 Å². The first kappa shape index (κ1) is 24.6. The topological polar surface area (TPSA) is 123 Å². The third-order valence-electron chi connectivity index (χ3n) is 5.63. The van der Waals surface area contributed by atoms with E-state index in [9.17, 15) is 19.7 Å². The van der Waals surface area contributed by atoms with Gasteiger partial charge in [0.1, 0.15) is 0 Å². The van der Waals surface area contributed by atoms with Gasteiger partial charge in [-0.15, -0.1) is 0 Å². The number of hydrogen-bond acceptors (Lipinski definition) is 7. The molecule has 1 heterocycles. The summed E-state index contributed by atoms with van der Waals surface area (Å²) < 4.78 is 4.92. The van der Waals surface area contributed by atoms with E-state index in [1.807, 2.05) is 54.6 Å². The molecule has 0 saturated carbocycles. The highest BCUT2D eigenvalue weighted by atomic mass is 16.6. The third-order valence-corrected chi connectivity index (χ3v) is 5.63. The molecule has 0 unspecified atom stereocenters. The fourth-order valence-electron chi connectivity index (χ4n) is 3.91. The first-order chi connectivity index (χ1) is 17.5. The van der Waals surface area contributed by atoms with Crippen molar-refractivity contribution < 1.29 is 19.2 Å². The Bertz CT molecular complexity index is 1300. The Labute approximate surface area is 208 Å². The van der Waals surface area contributed by atoms with E-state index in [-0.39, 0.29) is 17.6 Å². The third kappa shape index (κ3) is 5.76. The van der Waals surface area contributed by atoms with E-state index in [4.69, 9.17) is 4.74 Å². The highest BCUT2D eigenvalue weighted by Gasteiger charge is 2.30. The molecule has 1 aliphatic heterocycles. The van der Waals surface area contributed by atoms with Crippen molar-refractivity contribution in [3.63, 3.8) is 0 Å². The fraction of sp³-hybridized carbons (Fsp3) is 0.185. The minimum Gasteiger partial charge on any atom is -0.466 e. The second kappa shape index (κ2) is 11.3. The number of non-ortho nitro benzene ring substituents is 1. The number of rotatable bonds is 10. The van der Waals surface area contributed by atoms with Crippen molar-refractivity contribution in [1.29, 1.82) is 0 Å². The molecule has 0 radical (unpaired) electrons. The molecule has 0 atom stereocenters. The molecular formula is C27H26N4O5. The van der Waals surface area contributed by atoms with E-state index in [1.54, 1.807) is 13.0 Å². The van der Waals surface area contributed by atoms with Crippen molar-refractivity contribution >= 4 is 40.2 Å². The maximum absolute atomic E-state index is 13.0. The molecule has 1 aliphatic rings. The smallest absolute Gasteiger partial charge is 0.307 e. The van der Waals surface area contributed by atoms with Gasteiger partial charge in [-0.05, 0) is 36.2 Å². The summed E-state index contributed by atoms with van der Waals surface area (Å²) in [6.07, 6.45) is 0.309. The average Bonchev–Trinajstić information content (AvgIpc) is 3.21. The van der Waals surface area contributed by atoms with Crippen LogP contribution in [0.4, 0.5) is 17.1 Å². The van der Waals surface area contributed by atoms with Crippen molar-refractivity contribution in [3.05, 3.63) is 99.6 Å². The molecule has 0 bridgehead atoms. The molecule has 9 nitrogen and oxygen atoms in total. The molecule has 9 heteroatoms. The Balaban J connectivity index is 1.58. The molecule has 0 aromatic heterocycles. The van der Waals surface area contributed by atoms with Crippen LogP contribution in [-0.2, 0) is 20.9 Å². The van der Waals surface area contributed by atoms with Gasteiger partial charge >= 0.3 is 5.97 Å². The minimum absolute atomic E-state index is 0.0880. The van der Waals surface area contributed by atoms with Gasteiger partial charge in [0.25, 0.3) is 11.6 Å². The lowest BCUT2D eigenvalue weighted by molar-refractivity contribution is -0.384. The molecule has 3 N–H and O–H groups in total. The first-order valence-corrected chi connectivity index (χ1v) is 11.6. The lowest BCUT2D eigenvalue weighted by Crippen LogP contribution is -2.19. The van der Waals surface area contributed by atoms with Gasteiger partial charge in [0.05, 0.1) is 29.2 Å². The number of carbonyl (C=O) groups is 2. The Morgan fingerprint density at radius 3 is 2.50 bits per heavy atom. The number of anilines is 2. The van der Waals surface area contributed by atoms with Crippen molar-refractivity contribution in [2.75, 3.05) is 23.8 Å². The summed E-state index contributed by atoms with van der Waals surface area (Å²) in [7, 11) is 0. The summed E-state index contributed by atoms with van der Waals surface area (Å²) in [5.41, 5.74) is 4.35. The number of amides is 1. The molecule has 3 aromatic rings. The van der Waals surface area contributed by atoms with E-state index in [0.717, 1.165) is 16.8 Å². The van der Waals surface area contributed by atoms with Crippen LogP contribution in [0.1, 0.15) is 30.0 Å². The van der Waals surface area contributed by atoms with E-state index >= 15 is 0 Å². The van der Waals surface area contributed by atoms with Crippen LogP contribution >= 0.6 is 0 Å². The lowest BCUT2D eigenvalue weighted by Gasteiger charge is -2.15. The Morgan fingerprint density at radius 2 is 1.81 bits per heavy atom. The maximum Gasteiger partial charge on any atom is 0.307 e. The van der Waals surface area contributed by atoms with Crippen LogP contribution in [0.2, 0.25) is 0 Å². The van der Waals surface area contributed by atoms with Gasteiger partial charge in [-0.25, -0.2) is 0 Å². The van der Waals surface area contributed by atoms with Gasteiger partial charge in [-0.2, -0.15) is 0 Å². The van der Waals surface area contributed by atoms with E-state index in [2.05, 4.69) is 16.0 Å². The monoisotopic (exact) mass is 486 g/mol. The first-order valence-electron chi connectivity index (χ1n) is 11.6.